The summed E-state index contributed by atoms with van der Waals surface area (Å²) in [5, 5.41) is 0. The van der Waals surface area contributed by atoms with Gasteiger partial charge in [0.15, 0.2) is 0 Å². The Morgan fingerprint density at radius 1 is 0.226 bits per heavy atom. The van der Waals surface area contributed by atoms with Crippen LogP contribution in [-0.4, -0.2) is 28.5 Å². The van der Waals surface area contributed by atoms with Gasteiger partial charge in [0, 0.05) is 0 Å². The van der Waals surface area contributed by atoms with Crippen LogP contribution in [0.3, 0.4) is 0 Å². The van der Waals surface area contributed by atoms with Gasteiger partial charge in [-0.2, -0.15) is 0 Å². The van der Waals surface area contributed by atoms with E-state index in [0.717, 1.165) is 0 Å². The third kappa shape index (κ3) is 9.80. The summed E-state index contributed by atoms with van der Waals surface area (Å²) < 4.78 is 3.40. The summed E-state index contributed by atoms with van der Waals surface area (Å²) >= 11 is -2.16. The third-order valence-corrected chi connectivity index (χ3v) is 26.6. The van der Waals surface area contributed by atoms with Gasteiger partial charge in [0.05, 0.1) is 0 Å². The fraction of sp³-hybridized carbons (Fsp3) is 0.400. The van der Waals surface area contributed by atoms with E-state index in [1.807, 2.05) is 0 Å². The fourth-order valence-electron chi connectivity index (χ4n) is 9.98. The van der Waals surface area contributed by atoms with Gasteiger partial charge < -0.3 is 0 Å². The number of benzene rings is 6. The predicted molar refractivity (Wildman–Crippen MR) is 278 cm³/mol. The first-order valence-corrected chi connectivity index (χ1v) is 35.0. The molecule has 0 atom stereocenters. The number of hydrogen-bond acceptors (Lipinski definition) is 0. The zero-order chi connectivity index (χ0) is 45.2. The van der Waals surface area contributed by atoms with Crippen LogP contribution in [-0.2, 0) is 0 Å². The molecule has 0 saturated heterocycles. The van der Waals surface area contributed by atoms with E-state index in [9.17, 15) is 0 Å². The first kappa shape index (κ1) is 48.1. The fourth-order valence-corrected chi connectivity index (χ4v) is 25.7. The van der Waals surface area contributed by atoms with E-state index < -0.39 is 28.5 Å². The molecule has 0 spiro atoms. The summed E-state index contributed by atoms with van der Waals surface area (Å²) in [7, 11) is 0. The van der Waals surface area contributed by atoms with Crippen molar-refractivity contribution < 1.29 is 0 Å². The Labute approximate surface area is 390 Å². The first-order chi connectivity index (χ1) is 29.5. The molecule has 0 aliphatic heterocycles. The van der Waals surface area contributed by atoms with Gasteiger partial charge in [-0.05, 0) is 0 Å². The van der Waals surface area contributed by atoms with Gasteiger partial charge in [-0.25, -0.2) is 0 Å². The Hall–Kier alpha value is -3.41. The second kappa shape index (κ2) is 20.6. The molecule has 2 heteroatoms. The van der Waals surface area contributed by atoms with Crippen molar-refractivity contribution >= 4 is 36.7 Å². The predicted octanol–water partition coefficient (Wildman–Crippen LogP) is 16.6. The van der Waals surface area contributed by atoms with Gasteiger partial charge in [0.2, 0.25) is 0 Å². The number of rotatable bonds is 14. The molecule has 0 aromatic heterocycles. The normalized spacial score (nSPS) is 12.1. The summed E-state index contributed by atoms with van der Waals surface area (Å²) in [6.07, 6.45) is 0. The first-order valence-electron chi connectivity index (χ1n) is 23.9. The minimum atomic E-state index is -1.08. The van der Waals surface area contributed by atoms with Crippen LogP contribution in [0.2, 0.25) is 0 Å². The van der Waals surface area contributed by atoms with Gasteiger partial charge in [0.1, 0.15) is 0 Å². The van der Waals surface area contributed by atoms with Gasteiger partial charge in [-0.15, -0.1) is 0 Å². The standard InChI is InChI=1S/2C30H37.2Ga/c2*1-19(2)25-14-10-15-26(20(3)4)29(25)23-12-9-13-24(18-23)30-27(21(5)6)16-11-17-28(30)22(7)8;;/h2*9-17,19-22H,1-8H3;;. The maximum atomic E-state index is 2.52. The molecule has 0 saturated carbocycles. The van der Waals surface area contributed by atoms with Gasteiger partial charge >= 0.3 is 393 Å². The van der Waals surface area contributed by atoms with Gasteiger partial charge in [-0.3, -0.25) is 0 Å². The van der Waals surface area contributed by atoms with E-state index in [2.05, 4.69) is 220 Å². The van der Waals surface area contributed by atoms with Crippen molar-refractivity contribution in [2.75, 3.05) is 0 Å². The molecular weight excluding hydrogens is 860 g/mol. The Bertz CT molecular complexity index is 2090. The van der Waals surface area contributed by atoms with Crippen molar-refractivity contribution in [1.82, 2.24) is 0 Å². The van der Waals surface area contributed by atoms with E-state index in [4.69, 9.17) is 0 Å². The van der Waals surface area contributed by atoms with E-state index in [0.29, 0.717) is 47.3 Å². The summed E-state index contributed by atoms with van der Waals surface area (Å²) in [5.74, 6) is 3.39. The van der Waals surface area contributed by atoms with Crippen LogP contribution in [0, 0.1) is 0 Å². The molecule has 0 nitrogen and oxygen atoms in total. The maximum absolute atomic E-state index is 2.52. The van der Waals surface area contributed by atoms with Crippen molar-refractivity contribution in [2.45, 2.75) is 158 Å². The second-order valence-electron chi connectivity index (χ2n) is 20.4. The van der Waals surface area contributed by atoms with Crippen LogP contribution in [0.1, 0.15) is 203 Å². The Balaban J connectivity index is 1.86. The van der Waals surface area contributed by atoms with E-state index in [1.54, 1.807) is 8.24 Å². The Morgan fingerprint density at radius 2 is 0.371 bits per heavy atom. The molecule has 0 radical (unpaired) electrons. The van der Waals surface area contributed by atoms with Crippen molar-refractivity contribution in [3.63, 3.8) is 0 Å². The van der Waals surface area contributed by atoms with Crippen molar-refractivity contribution in [3.05, 3.63) is 154 Å². The molecule has 0 unspecified atom stereocenters. The van der Waals surface area contributed by atoms with Crippen LogP contribution in [0.15, 0.2) is 109 Å². The minimum absolute atomic E-state index is 0.424. The molecule has 0 amide bonds. The van der Waals surface area contributed by atoms with E-state index >= 15 is 0 Å². The van der Waals surface area contributed by atoms with Crippen LogP contribution < -0.4 is 8.24 Å². The molecule has 0 heterocycles. The third-order valence-electron chi connectivity index (χ3n) is 13.2. The molecule has 0 aliphatic carbocycles. The quantitative estimate of drug-likeness (QED) is 0.0955. The van der Waals surface area contributed by atoms with Gasteiger partial charge in [0.25, 0.3) is 0 Å². The zero-order valence-electron chi connectivity index (χ0n) is 41.2. The summed E-state index contributed by atoms with van der Waals surface area (Å²) in [5.41, 5.74) is 23.9. The van der Waals surface area contributed by atoms with E-state index in [-0.39, 0.29) is 0 Å². The molecule has 6 rings (SSSR count). The second-order valence-corrected chi connectivity index (χ2v) is 31.4. The Kier molecular flexibility index (Phi) is 16.0. The van der Waals surface area contributed by atoms with Crippen molar-refractivity contribution in [3.8, 4) is 44.5 Å². The average molecular weight is 935 g/mol. The van der Waals surface area contributed by atoms with E-state index in [1.165, 1.54) is 89.0 Å². The van der Waals surface area contributed by atoms with Crippen LogP contribution in [0.4, 0.5) is 0 Å². The molecular formula is C60H74Ga2. The SMILES string of the molecule is CC(C)c1cccc(C(C)C)c1-c1cccc(-c2c(C(C)C)cccc2C(C)C)[c]1[Ga]=[Ga][c]1c(-c2c(C(C)C)cccc2C(C)C)cccc1-c1c(C(C)C)cccc1C(C)C. The summed E-state index contributed by atoms with van der Waals surface area (Å²) in [6.45, 7) is 38.3. The van der Waals surface area contributed by atoms with Crippen molar-refractivity contribution in [2.24, 2.45) is 0 Å². The molecule has 6 aromatic rings. The molecule has 0 aliphatic rings. The molecule has 6 aromatic carbocycles. The van der Waals surface area contributed by atoms with Gasteiger partial charge in [-0.1, -0.05) is 0 Å². The topological polar surface area (TPSA) is 0 Å². The zero-order valence-corrected chi connectivity index (χ0v) is 46.0. The van der Waals surface area contributed by atoms with Crippen LogP contribution in [0.5, 0.6) is 0 Å². The Morgan fingerprint density at radius 3 is 0.516 bits per heavy atom. The summed E-state index contributed by atoms with van der Waals surface area (Å²) in [4.78, 5) is 0. The monoisotopic (exact) mass is 932 g/mol. The average Bonchev–Trinajstić information content (AvgIpc) is 3.23. The molecule has 320 valence electrons. The molecule has 0 bridgehead atoms. The van der Waals surface area contributed by atoms with Crippen LogP contribution in [0.25, 0.3) is 44.5 Å². The summed E-state index contributed by atoms with van der Waals surface area (Å²) in [6, 6.07) is 43.5. The van der Waals surface area contributed by atoms with Crippen LogP contribution >= 0.6 is 0 Å². The molecule has 0 N–H and O–H groups in total. The molecule has 62 heavy (non-hydrogen) atoms. The van der Waals surface area contributed by atoms with Crippen molar-refractivity contribution in [1.29, 1.82) is 0 Å². The molecule has 0 fully saturated rings. The number of hydrogen-bond donors (Lipinski definition) is 0.